The van der Waals surface area contributed by atoms with E-state index in [1.807, 2.05) is 0 Å². The molecule has 0 radical (unpaired) electrons. The van der Waals surface area contributed by atoms with E-state index in [1.165, 1.54) is 0 Å². The molecule has 0 amide bonds. The maximum absolute atomic E-state index is 13.1. The zero-order chi connectivity index (χ0) is 22.5. The molecule has 30 heavy (non-hydrogen) atoms. The highest BCUT2D eigenvalue weighted by Crippen LogP contribution is 2.37. The second kappa shape index (κ2) is 7.20. The summed E-state index contributed by atoms with van der Waals surface area (Å²) < 4.78 is 112. The van der Waals surface area contributed by atoms with Gasteiger partial charge in [-0.3, -0.25) is 0 Å². The number of halogens is 7. The molecule has 0 saturated carbocycles. The molecule has 1 aromatic heterocycles. The van der Waals surface area contributed by atoms with Gasteiger partial charge in [-0.1, -0.05) is 11.6 Å². The van der Waals surface area contributed by atoms with E-state index < -0.39 is 65.9 Å². The zero-order valence-corrected chi connectivity index (χ0v) is 15.7. The van der Waals surface area contributed by atoms with Crippen LogP contribution in [0.5, 0.6) is 5.75 Å². The van der Waals surface area contributed by atoms with Crippen molar-refractivity contribution in [2.24, 2.45) is 0 Å². The molecule has 0 N–H and O–H groups in total. The van der Waals surface area contributed by atoms with Crippen molar-refractivity contribution in [3.8, 4) is 5.75 Å². The summed E-state index contributed by atoms with van der Waals surface area (Å²) in [6.07, 6.45) is -9.76. The van der Waals surface area contributed by atoms with Crippen LogP contribution in [-0.2, 0) is 22.5 Å². The van der Waals surface area contributed by atoms with Crippen LogP contribution in [0.15, 0.2) is 56.6 Å². The second-order valence-electron chi connectivity index (χ2n) is 5.82. The van der Waals surface area contributed by atoms with Gasteiger partial charge in [0.05, 0.1) is 16.1 Å². The Morgan fingerprint density at radius 1 is 0.900 bits per heavy atom. The van der Waals surface area contributed by atoms with E-state index in [0.29, 0.717) is 18.2 Å². The van der Waals surface area contributed by atoms with Crippen molar-refractivity contribution in [2.75, 3.05) is 0 Å². The third-order valence-corrected chi connectivity index (χ3v) is 5.49. The summed E-state index contributed by atoms with van der Waals surface area (Å²) in [5.74, 6) is -0.613. The van der Waals surface area contributed by atoms with Crippen molar-refractivity contribution in [3.63, 3.8) is 0 Å². The average molecular weight is 473 g/mol. The molecule has 0 aliphatic heterocycles. The van der Waals surface area contributed by atoms with Crippen LogP contribution < -0.4 is 9.81 Å². The maximum atomic E-state index is 13.1. The molecule has 2 aromatic carbocycles. The monoisotopic (exact) mass is 472 g/mol. The molecule has 0 bridgehead atoms. The molecular weight excluding hydrogens is 466 g/mol. The van der Waals surface area contributed by atoms with Crippen molar-refractivity contribution < 1.29 is 43.4 Å². The lowest BCUT2D eigenvalue weighted by molar-refractivity contribution is -0.138. The molecule has 5 nitrogen and oxygen atoms in total. The minimum atomic E-state index is -4.92. The van der Waals surface area contributed by atoms with Crippen LogP contribution in [0.2, 0.25) is 5.02 Å². The van der Waals surface area contributed by atoms with Gasteiger partial charge in [0.1, 0.15) is 16.2 Å². The fourth-order valence-corrected chi connectivity index (χ4v) is 3.90. The van der Waals surface area contributed by atoms with Crippen molar-refractivity contribution in [3.05, 3.63) is 69.0 Å². The molecule has 0 aliphatic rings. The summed E-state index contributed by atoms with van der Waals surface area (Å²) in [6.45, 7) is 0. The fraction of sp³-hybridized carbons (Fsp3) is 0.118. The maximum Gasteiger partial charge on any atom is 0.417 e. The van der Waals surface area contributed by atoms with Gasteiger partial charge >= 0.3 is 28.1 Å². The largest absolute Gasteiger partial charge is 0.423 e. The Labute approximate surface area is 168 Å². The first-order chi connectivity index (χ1) is 13.7. The van der Waals surface area contributed by atoms with E-state index in [0.717, 1.165) is 12.1 Å². The third kappa shape index (κ3) is 4.38. The van der Waals surface area contributed by atoms with Gasteiger partial charge in [-0.2, -0.15) is 34.8 Å². The smallest absolute Gasteiger partial charge is 0.417 e. The van der Waals surface area contributed by atoms with Gasteiger partial charge < -0.3 is 8.60 Å². The molecule has 0 unspecified atom stereocenters. The molecule has 3 rings (SSSR count). The number of hydrogen-bond acceptors (Lipinski definition) is 5. The summed E-state index contributed by atoms with van der Waals surface area (Å²) in [4.78, 5) is 10.4. The Bertz CT molecular complexity index is 1290. The Balaban J connectivity index is 2.07. The lowest BCUT2D eigenvalue weighted by Gasteiger charge is -2.13. The van der Waals surface area contributed by atoms with Gasteiger partial charge in [-0.05, 0) is 30.3 Å². The summed E-state index contributed by atoms with van der Waals surface area (Å²) in [5, 5.41) is -1.13. The Hall–Kier alpha value is -2.73. The standard InChI is InChI=1S/C17H7ClF6O5S/c18-12-4-1-8(16(19,20)21)5-14(12)30(26,27)29-9-2-3-10-11(17(22,23)24)7-15(25)28-13(10)6-9/h1-7H. The van der Waals surface area contributed by atoms with E-state index in [9.17, 15) is 39.6 Å². The first kappa shape index (κ1) is 22.0. The molecular formula is C17H7ClF6O5S. The van der Waals surface area contributed by atoms with Crippen LogP contribution >= 0.6 is 11.6 Å². The van der Waals surface area contributed by atoms with E-state index >= 15 is 0 Å². The van der Waals surface area contributed by atoms with Crippen LogP contribution in [0.25, 0.3) is 11.0 Å². The van der Waals surface area contributed by atoms with Crippen LogP contribution in [0.4, 0.5) is 26.3 Å². The van der Waals surface area contributed by atoms with Crippen LogP contribution in [-0.4, -0.2) is 8.42 Å². The van der Waals surface area contributed by atoms with Gasteiger partial charge in [0, 0.05) is 17.5 Å². The molecule has 0 spiro atoms. The Morgan fingerprint density at radius 2 is 1.57 bits per heavy atom. The second-order valence-corrected chi connectivity index (χ2v) is 7.74. The highest BCUT2D eigenvalue weighted by atomic mass is 35.5. The van der Waals surface area contributed by atoms with E-state index in [-0.39, 0.29) is 12.1 Å². The van der Waals surface area contributed by atoms with Gasteiger partial charge in [0.25, 0.3) is 0 Å². The molecule has 160 valence electrons. The average Bonchev–Trinajstić information content (AvgIpc) is 2.58. The summed E-state index contributed by atoms with van der Waals surface area (Å²) in [7, 11) is -4.92. The first-order valence-electron chi connectivity index (χ1n) is 7.65. The molecule has 0 aliphatic carbocycles. The number of fused-ring (bicyclic) bond motifs is 1. The molecule has 3 aromatic rings. The Kier molecular flexibility index (Phi) is 5.27. The lowest BCUT2D eigenvalue weighted by Crippen LogP contribution is -2.13. The van der Waals surface area contributed by atoms with Crippen molar-refractivity contribution in [2.45, 2.75) is 17.2 Å². The normalized spacial score (nSPS) is 12.9. The highest BCUT2D eigenvalue weighted by Gasteiger charge is 2.35. The predicted octanol–water partition coefficient (Wildman–Crippen LogP) is 5.25. The minimum Gasteiger partial charge on any atom is -0.423 e. The molecule has 0 atom stereocenters. The van der Waals surface area contributed by atoms with Gasteiger partial charge in [-0.25, -0.2) is 4.79 Å². The quantitative estimate of drug-likeness (QED) is 0.296. The Morgan fingerprint density at radius 3 is 2.17 bits per heavy atom. The van der Waals surface area contributed by atoms with Crippen molar-refractivity contribution in [1.82, 2.24) is 0 Å². The number of alkyl halides is 6. The molecule has 0 saturated heterocycles. The van der Waals surface area contributed by atoms with E-state index in [2.05, 4.69) is 8.60 Å². The van der Waals surface area contributed by atoms with Crippen molar-refractivity contribution in [1.29, 1.82) is 0 Å². The van der Waals surface area contributed by atoms with Gasteiger partial charge in [0.2, 0.25) is 0 Å². The van der Waals surface area contributed by atoms with Gasteiger partial charge in [0.15, 0.2) is 0 Å². The minimum absolute atomic E-state index is 0.224. The number of benzene rings is 2. The SMILES string of the molecule is O=c1cc(C(F)(F)F)c2ccc(OS(=O)(=O)c3cc(C(F)(F)F)ccc3Cl)cc2o1. The van der Waals surface area contributed by atoms with Crippen LogP contribution in [0.3, 0.4) is 0 Å². The van der Waals surface area contributed by atoms with Crippen LogP contribution in [0.1, 0.15) is 11.1 Å². The fourth-order valence-electron chi connectivity index (χ4n) is 2.47. The van der Waals surface area contributed by atoms with Crippen molar-refractivity contribution >= 4 is 32.7 Å². The lowest BCUT2D eigenvalue weighted by atomic mass is 10.1. The molecule has 1 heterocycles. The zero-order valence-electron chi connectivity index (χ0n) is 14.1. The van der Waals surface area contributed by atoms with Gasteiger partial charge in [-0.15, -0.1) is 0 Å². The number of rotatable bonds is 3. The third-order valence-electron chi connectivity index (χ3n) is 3.76. The summed E-state index contributed by atoms with van der Waals surface area (Å²) in [5.41, 5.74) is -4.62. The topological polar surface area (TPSA) is 73.6 Å². The van der Waals surface area contributed by atoms with E-state index in [1.54, 1.807) is 0 Å². The highest BCUT2D eigenvalue weighted by molar-refractivity contribution is 7.87. The van der Waals surface area contributed by atoms with E-state index in [4.69, 9.17) is 11.6 Å². The van der Waals surface area contributed by atoms with Crippen LogP contribution in [0, 0.1) is 0 Å². The predicted molar refractivity (Wildman–Crippen MR) is 91.8 cm³/mol. The molecule has 13 heteroatoms. The number of hydrogen-bond donors (Lipinski definition) is 0. The summed E-state index contributed by atoms with van der Waals surface area (Å²) >= 11 is 5.67. The summed E-state index contributed by atoms with van der Waals surface area (Å²) in [6, 6.07) is 4.03. The first-order valence-corrected chi connectivity index (χ1v) is 9.43. The molecule has 0 fully saturated rings.